The number of amides is 1. The molecule has 1 saturated heterocycles. The first-order chi connectivity index (χ1) is 10.0. The molecule has 2 heterocycles. The molecule has 21 heavy (non-hydrogen) atoms. The van der Waals surface area contributed by atoms with E-state index in [4.69, 9.17) is 4.74 Å². The smallest absolute Gasteiger partial charge is 0.274 e. The Morgan fingerprint density at radius 1 is 1.19 bits per heavy atom. The first-order valence-electron chi connectivity index (χ1n) is 7.22. The van der Waals surface area contributed by atoms with Gasteiger partial charge in [-0.25, -0.2) is 0 Å². The summed E-state index contributed by atoms with van der Waals surface area (Å²) >= 11 is 0. The third-order valence-electron chi connectivity index (χ3n) is 3.67. The highest BCUT2D eigenvalue weighted by Gasteiger charge is 2.27. The highest BCUT2D eigenvalue weighted by Crippen LogP contribution is 2.17. The van der Waals surface area contributed by atoms with E-state index >= 15 is 0 Å². The molecule has 2 unspecified atom stereocenters. The Morgan fingerprint density at radius 3 is 2.62 bits per heavy atom. The minimum absolute atomic E-state index is 0.0494. The highest BCUT2D eigenvalue weighted by molar-refractivity contribution is 5.95. The van der Waals surface area contributed by atoms with Crippen molar-refractivity contribution in [1.29, 1.82) is 0 Å². The fourth-order valence-electron chi connectivity index (χ4n) is 2.77. The van der Waals surface area contributed by atoms with Gasteiger partial charge in [0.15, 0.2) is 5.69 Å². The van der Waals surface area contributed by atoms with Gasteiger partial charge in [-0.1, -0.05) is 11.6 Å². The summed E-state index contributed by atoms with van der Waals surface area (Å²) in [4.78, 5) is 14.4. The van der Waals surface area contributed by atoms with Crippen LogP contribution in [0, 0.1) is 6.92 Å². The zero-order valence-electron chi connectivity index (χ0n) is 12.5. The number of ether oxygens (including phenoxy) is 1. The molecule has 0 aliphatic carbocycles. The maximum Gasteiger partial charge on any atom is 0.274 e. The fourth-order valence-corrected chi connectivity index (χ4v) is 2.77. The number of fused-ring (bicyclic) bond motifs is 1. The standard InChI is InChI=1S/C16H19N3O2/c1-10-4-5-14-13(6-10)7-15(18-17-14)16(20)19-8-11(2)21-12(3)9-19/h4-7,11-12H,8-9H2,1-3H3. The largest absolute Gasteiger partial charge is 0.372 e. The third-order valence-corrected chi connectivity index (χ3v) is 3.67. The molecule has 5 heteroatoms. The quantitative estimate of drug-likeness (QED) is 0.806. The number of rotatable bonds is 1. The van der Waals surface area contributed by atoms with Crippen molar-refractivity contribution in [3.8, 4) is 0 Å². The normalized spacial score (nSPS) is 22.5. The van der Waals surface area contributed by atoms with Gasteiger partial charge >= 0.3 is 0 Å². The van der Waals surface area contributed by atoms with Gasteiger partial charge in [0, 0.05) is 18.5 Å². The summed E-state index contributed by atoms with van der Waals surface area (Å²) in [6.45, 7) is 7.16. The molecule has 0 bridgehead atoms. The number of morpholine rings is 1. The van der Waals surface area contributed by atoms with E-state index in [0.29, 0.717) is 18.8 Å². The number of nitrogens with zero attached hydrogens (tertiary/aromatic N) is 3. The molecular formula is C16H19N3O2. The SMILES string of the molecule is Cc1ccc2nnc(C(=O)N3CC(C)OC(C)C3)cc2c1. The van der Waals surface area contributed by atoms with E-state index in [1.165, 1.54) is 0 Å². The second-order valence-electron chi connectivity index (χ2n) is 5.76. The second kappa shape index (κ2) is 5.41. The first kappa shape index (κ1) is 13.9. The summed E-state index contributed by atoms with van der Waals surface area (Å²) in [6, 6.07) is 7.75. The molecule has 110 valence electrons. The van der Waals surface area contributed by atoms with Gasteiger partial charge in [-0.3, -0.25) is 4.79 Å². The van der Waals surface area contributed by atoms with Crippen molar-refractivity contribution in [2.24, 2.45) is 0 Å². The zero-order valence-corrected chi connectivity index (χ0v) is 12.5. The van der Waals surface area contributed by atoms with E-state index in [9.17, 15) is 4.79 Å². The van der Waals surface area contributed by atoms with E-state index in [0.717, 1.165) is 16.5 Å². The van der Waals surface area contributed by atoms with Gasteiger partial charge in [0.2, 0.25) is 0 Å². The van der Waals surface area contributed by atoms with Crippen molar-refractivity contribution in [2.75, 3.05) is 13.1 Å². The summed E-state index contributed by atoms with van der Waals surface area (Å²) in [6.07, 6.45) is 0.0988. The van der Waals surface area contributed by atoms with Crippen molar-refractivity contribution in [1.82, 2.24) is 15.1 Å². The van der Waals surface area contributed by atoms with Gasteiger partial charge < -0.3 is 9.64 Å². The van der Waals surface area contributed by atoms with Crippen LogP contribution in [0.1, 0.15) is 29.9 Å². The van der Waals surface area contributed by atoms with Crippen LogP contribution in [0.2, 0.25) is 0 Å². The summed E-state index contributed by atoms with van der Waals surface area (Å²) in [5.41, 5.74) is 2.35. The molecule has 0 spiro atoms. The van der Waals surface area contributed by atoms with Crippen molar-refractivity contribution >= 4 is 16.8 Å². The molecule has 5 nitrogen and oxygen atoms in total. The van der Waals surface area contributed by atoms with E-state index in [1.807, 2.05) is 45.0 Å². The topological polar surface area (TPSA) is 55.3 Å². The molecule has 3 rings (SSSR count). The number of benzene rings is 1. The highest BCUT2D eigenvalue weighted by atomic mass is 16.5. The van der Waals surface area contributed by atoms with E-state index in [2.05, 4.69) is 10.2 Å². The average Bonchev–Trinajstić information content (AvgIpc) is 2.44. The fraction of sp³-hybridized carbons (Fsp3) is 0.438. The molecule has 1 aliphatic rings. The first-order valence-corrected chi connectivity index (χ1v) is 7.22. The molecule has 1 aromatic carbocycles. The lowest BCUT2D eigenvalue weighted by molar-refractivity contribution is -0.0587. The van der Waals surface area contributed by atoms with Crippen LogP contribution < -0.4 is 0 Å². The minimum Gasteiger partial charge on any atom is -0.372 e. The second-order valence-corrected chi connectivity index (χ2v) is 5.76. The molecule has 0 saturated carbocycles. The molecule has 1 fully saturated rings. The number of aromatic nitrogens is 2. The van der Waals surface area contributed by atoms with Crippen LogP contribution in [0.25, 0.3) is 10.9 Å². The lowest BCUT2D eigenvalue weighted by Crippen LogP contribution is -2.48. The van der Waals surface area contributed by atoms with Crippen LogP contribution in [-0.4, -0.2) is 46.3 Å². The van der Waals surface area contributed by atoms with Crippen molar-refractivity contribution in [3.63, 3.8) is 0 Å². The Bertz CT molecular complexity index is 676. The Labute approximate surface area is 123 Å². The van der Waals surface area contributed by atoms with Crippen molar-refractivity contribution < 1.29 is 9.53 Å². The Kier molecular flexibility index (Phi) is 3.59. The van der Waals surface area contributed by atoms with Crippen LogP contribution in [-0.2, 0) is 4.74 Å². The van der Waals surface area contributed by atoms with Crippen LogP contribution in [0.5, 0.6) is 0 Å². The van der Waals surface area contributed by atoms with Crippen LogP contribution in [0.3, 0.4) is 0 Å². The molecular weight excluding hydrogens is 266 g/mol. The van der Waals surface area contributed by atoms with Crippen molar-refractivity contribution in [2.45, 2.75) is 33.0 Å². The summed E-state index contributed by atoms with van der Waals surface area (Å²) in [5.74, 6) is -0.0760. The van der Waals surface area contributed by atoms with Gasteiger partial charge in [-0.15, -0.1) is 10.2 Å². The van der Waals surface area contributed by atoms with Gasteiger partial charge in [0.25, 0.3) is 5.91 Å². The van der Waals surface area contributed by atoms with Gasteiger partial charge in [-0.2, -0.15) is 0 Å². The van der Waals surface area contributed by atoms with E-state index in [-0.39, 0.29) is 18.1 Å². The molecule has 2 atom stereocenters. The Hall–Kier alpha value is -2.01. The minimum atomic E-state index is -0.0760. The lowest BCUT2D eigenvalue weighted by Gasteiger charge is -2.35. The molecule has 0 N–H and O–H groups in total. The monoisotopic (exact) mass is 285 g/mol. The Morgan fingerprint density at radius 2 is 1.90 bits per heavy atom. The molecule has 0 radical (unpaired) electrons. The number of hydrogen-bond acceptors (Lipinski definition) is 4. The number of carbonyl (C=O) groups excluding carboxylic acids is 1. The third kappa shape index (κ3) is 2.88. The zero-order chi connectivity index (χ0) is 15.0. The summed E-state index contributed by atoms with van der Waals surface area (Å²) in [7, 11) is 0. The van der Waals surface area contributed by atoms with E-state index < -0.39 is 0 Å². The average molecular weight is 285 g/mol. The van der Waals surface area contributed by atoms with Crippen LogP contribution in [0.15, 0.2) is 24.3 Å². The van der Waals surface area contributed by atoms with Crippen LogP contribution in [0.4, 0.5) is 0 Å². The van der Waals surface area contributed by atoms with Gasteiger partial charge in [-0.05, 0) is 39.0 Å². The summed E-state index contributed by atoms with van der Waals surface area (Å²) < 4.78 is 5.66. The maximum atomic E-state index is 12.6. The summed E-state index contributed by atoms with van der Waals surface area (Å²) in [5, 5.41) is 9.17. The number of hydrogen-bond donors (Lipinski definition) is 0. The lowest BCUT2D eigenvalue weighted by atomic mass is 10.1. The number of aryl methyl sites for hydroxylation is 1. The van der Waals surface area contributed by atoms with Crippen LogP contribution >= 0.6 is 0 Å². The van der Waals surface area contributed by atoms with E-state index in [1.54, 1.807) is 4.90 Å². The number of carbonyl (C=O) groups is 1. The molecule has 1 aromatic heterocycles. The van der Waals surface area contributed by atoms with Crippen molar-refractivity contribution in [3.05, 3.63) is 35.5 Å². The van der Waals surface area contributed by atoms with Gasteiger partial charge in [0.1, 0.15) is 0 Å². The maximum absolute atomic E-state index is 12.6. The Balaban J connectivity index is 1.90. The molecule has 1 aliphatic heterocycles. The van der Waals surface area contributed by atoms with Gasteiger partial charge in [0.05, 0.1) is 17.7 Å². The molecule has 1 amide bonds. The predicted molar refractivity (Wildman–Crippen MR) is 80.2 cm³/mol. The predicted octanol–water partition coefficient (Wildman–Crippen LogP) is 2.19. The molecule has 2 aromatic rings.